The molecule has 0 radical (unpaired) electrons. The molecule has 0 saturated carbocycles. The number of hydrogen-bond donors (Lipinski definition) is 0. The minimum absolute atomic E-state index is 0.0334. The molecule has 0 aliphatic rings. The molecule has 0 aliphatic heterocycles. The largest absolute Gasteiger partial charge is 0.493 e. The second-order valence-electron chi connectivity index (χ2n) is 6.85. The van der Waals surface area contributed by atoms with E-state index in [2.05, 4.69) is 15.3 Å². The van der Waals surface area contributed by atoms with E-state index in [1.165, 1.54) is 6.07 Å². The first-order chi connectivity index (χ1) is 15.4. The summed E-state index contributed by atoms with van der Waals surface area (Å²) in [6.45, 7) is 3.29. The molecule has 0 unspecified atom stereocenters. The van der Waals surface area contributed by atoms with E-state index in [0.717, 1.165) is 15.0 Å². The molecule has 3 aromatic heterocycles. The van der Waals surface area contributed by atoms with Crippen LogP contribution in [0.4, 0.5) is 19.0 Å². The predicted octanol–water partition coefficient (Wildman–Crippen LogP) is 4.82. The number of fused-ring (bicyclic) bond motifs is 1. The number of methoxy groups -OCH3 is 1. The van der Waals surface area contributed by atoms with Crippen molar-refractivity contribution in [1.29, 1.82) is 0 Å². The van der Waals surface area contributed by atoms with Gasteiger partial charge < -0.3 is 14.4 Å². The molecule has 4 aromatic rings. The molecule has 1 aromatic carbocycles. The molecule has 0 N–H and O–H groups in total. The molecular weight excluding hydrogens is 443 g/mol. The molecule has 0 saturated heterocycles. The van der Waals surface area contributed by atoms with E-state index >= 15 is 0 Å². The maximum atomic E-state index is 13.2. The number of alkyl halides is 3. The number of benzene rings is 1. The molecule has 4 rings (SSSR count). The second-order valence-corrected chi connectivity index (χ2v) is 7.88. The van der Waals surface area contributed by atoms with Crippen LogP contribution in [0.25, 0.3) is 5.65 Å². The summed E-state index contributed by atoms with van der Waals surface area (Å²) in [6, 6.07) is 12.6. The van der Waals surface area contributed by atoms with Gasteiger partial charge in [0.1, 0.15) is 12.4 Å². The fraction of sp³-hybridized carbons (Fsp3) is 0.286. The van der Waals surface area contributed by atoms with Crippen molar-refractivity contribution in [1.82, 2.24) is 19.8 Å². The smallest absolute Gasteiger partial charge is 0.453 e. The van der Waals surface area contributed by atoms with Gasteiger partial charge in [0, 0.05) is 18.0 Å². The summed E-state index contributed by atoms with van der Waals surface area (Å²) in [4.78, 5) is 2.95. The molecule has 168 valence electrons. The zero-order valence-electron chi connectivity index (χ0n) is 17.3. The Bertz CT molecular complexity index is 1190. The van der Waals surface area contributed by atoms with Gasteiger partial charge in [0.15, 0.2) is 17.1 Å². The van der Waals surface area contributed by atoms with Crippen LogP contribution in [0.5, 0.6) is 11.5 Å². The van der Waals surface area contributed by atoms with Crippen LogP contribution in [0, 0.1) is 0 Å². The topological polar surface area (TPSA) is 64.8 Å². The van der Waals surface area contributed by atoms with Gasteiger partial charge in [-0.15, -0.1) is 26.6 Å². The van der Waals surface area contributed by atoms with Crippen LogP contribution in [-0.2, 0) is 19.3 Å². The summed E-state index contributed by atoms with van der Waals surface area (Å²) in [7, 11) is 1.56. The van der Waals surface area contributed by atoms with Gasteiger partial charge in [-0.1, -0.05) is 12.1 Å². The predicted molar refractivity (Wildman–Crippen MR) is 114 cm³/mol. The number of ether oxygens (including phenoxy) is 2. The maximum Gasteiger partial charge on any atom is 0.453 e. The van der Waals surface area contributed by atoms with Crippen LogP contribution in [0.3, 0.4) is 0 Å². The fourth-order valence-electron chi connectivity index (χ4n) is 3.17. The number of thiophene rings is 1. The fourth-order valence-corrected chi connectivity index (χ4v) is 3.79. The Labute approximate surface area is 186 Å². The van der Waals surface area contributed by atoms with Gasteiger partial charge in [-0.05, 0) is 48.2 Å². The normalized spacial score (nSPS) is 11.7. The second kappa shape index (κ2) is 9.03. The lowest BCUT2D eigenvalue weighted by Crippen LogP contribution is -2.24. The first kappa shape index (κ1) is 21.9. The minimum atomic E-state index is -4.64. The minimum Gasteiger partial charge on any atom is -0.493 e. The highest BCUT2D eigenvalue weighted by molar-refractivity contribution is 7.09. The number of aromatic nitrogens is 4. The standard InChI is InChI=1S/C21H20F3N5O2S/c1-3-28(19-9-8-18-25-26-20(21(22,23)24)29(18)27-19)12-14-6-7-16(17(11-14)30-2)31-13-15-5-4-10-32-15/h4-11H,3,12-13H2,1-2H3. The molecule has 32 heavy (non-hydrogen) atoms. The quantitative estimate of drug-likeness (QED) is 0.373. The zero-order chi connectivity index (χ0) is 22.7. The summed E-state index contributed by atoms with van der Waals surface area (Å²) in [5.41, 5.74) is 0.930. The van der Waals surface area contributed by atoms with Crippen molar-refractivity contribution in [2.45, 2.75) is 26.3 Å². The van der Waals surface area contributed by atoms with Crippen molar-refractivity contribution in [3.63, 3.8) is 0 Å². The first-order valence-electron chi connectivity index (χ1n) is 9.75. The molecule has 0 spiro atoms. The molecule has 0 atom stereocenters. The summed E-state index contributed by atoms with van der Waals surface area (Å²) in [5, 5.41) is 12.9. The maximum absolute atomic E-state index is 13.2. The number of halogens is 3. The summed E-state index contributed by atoms with van der Waals surface area (Å²) < 4.78 is 51.6. The van der Waals surface area contributed by atoms with E-state index in [-0.39, 0.29) is 5.65 Å². The molecule has 0 fully saturated rings. The van der Waals surface area contributed by atoms with Crippen molar-refractivity contribution in [3.8, 4) is 11.5 Å². The SMILES string of the molecule is CCN(Cc1ccc(OCc2cccs2)c(OC)c1)c1ccc2nnc(C(F)(F)F)n2n1. The van der Waals surface area contributed by atoms with Crippen molar-refractivity contribution in [3.05, 3.63) is 64.1 Å². The van der Waals surface area contributed by atoms with Gasteiger partial charge in [0.25, 0.3) is 5.82 Å². The van der Waals surface area contributed by atoms with E-state index in [0.29, 0.717) is 37.0 Å². The Balaban J connectivity index is 1.55. The molecule has 0 bridgehead atoms. The summed E-state index contributed by atoms with van der Waals surface area (Å²) in [5.74, 6) is 0.421. The molecule has 0 aliphatic carbocycles. The van der Waals surface area contributed by atoms with E-state index < -0.39 is 12.0 Å². The van der Waals surface area contributed by atoms with E-state index in [4.69, 9.17) is 9.47 Å². The van der Waals surface area contributed by atoms with Crippen molar-refractivity contribution in [2.24, 2.45) is 0 Å². The molecule has 3 heterocycles. The lowest BCUT2D eigenvalue weighted by molar-refractivity contribution is -0.146. The van der Waals surface area contributed by atoms with Crippen LogP contribution in [0.2, 0.25) is 0 Å². The number of anilines is 1. The number of nitrogens with zero attached hydrogens (tertiary/aromatic N) is 5. The van der Waals surface area contributed by atoms with Crippen molar-refractivity contribution >= 4 is 22.8 Å². The Kier molecular flexibility index (Phi) is 6.17. The highest BCUT2D eigenvalue weighted by atomic mass is 32.1. The first-order valence-corrected chi connectivity index (χ1v) is 10.6. The van der Waals surface area contributed by atoms with Gasteiger partial charge in [0.2, 0.25) is 0 Å². The van der Waals surface area contributed by atoms with Crippen molar-refractivity contribution in [2.75, 3.05) is 18.6 Å². The van der Waals surface area contributed by atoms with E-state index in [1.807, 2.05) is 47.5 Å². The summed E-state index contributed by atoms with van der Waals surface area (Å²) in [6.07, 6.45) is -4.64. The van der Waals surface area contributed by atoms with Gasteiger partial charge in [0.05, 0.1) is 7.11 Å². The van der Waals surface area contributed by atoms with Crippen LogP contribution in [0.15, 0.2) is 47.8 Å². The number of hydrogen-bond acceptors (Lipinski definition) is 7. The highest BCUT2D eigenvalue weighted by Gasteiger charge is 2.37. The summed E-state index contributed by atoms with van der Waals surface area (Å²) >= 11 is 1.61. The third kappa shape index (κ3) is 4.62. The highest BCUT2D eigenvalue weighted by Crippen LogP contribution is 2.31. The third-order valence-electron chi connectivity index (χ3n) is 4.76. The van der Waals surface area contributed by atoms with Crippen LogP contribution in [0.1, 0.15) is 23.2 Å². The molecule has 7 nitrogen and oxygen atoms in total. The average Bonchev–Trinajstić information content (AvgIpc) is 3.45. The van der Waals surface area contributed by atoms with Gasteiger partial charge in [-0.25, -0.2) is 0 Å². The Morgan fingerprint density at radius 2 is 1.94 bits per heavy atom. The Hall–Kier alpha value is -3.34. The van der Waals surface area contributed by atoms with Crippen LogP contribution >= 0.6 is 11.3 Å². The molecule has 11 heteroatoms. The lowest BCUT2D eigenvalue weighted by Gasteiger charge is -2.22. The lowest BCUT2D eigenvalue weighted by atomic mass is 10.2. The molecular formula is C21H20F3N5O2S. The van der Waals surface area contributed by atoms with Crippen molar-refractivity contribution < 1.29 is 22.6 Å². The van der Waals surface area contributed by atoms with E-state index in [9.17, 15) is 13.2 Å². The zero-order valence-corrected chi connectivity index (χ0v) is 18.2. The Morgan fingerprint density at radius 3 is 2.62 bits per heavy atom. The van der Waals surface area contributed by atoms with Gasteiger partial charge in [-0.2, -0.15) is 17.7 Å². The molecule has 0 amide bonds. The Morgan fingerprint density at radius 1 is 1.09 bits per heavy atom. The van der Waals surface area contributed by atoms with Gasteiger partial charge in [-0.3, -0.25) is 0 Å². The average molecular weight is 463 g/mol. The van der Waals surface area contributed by atoms with Gasteiger partial charge >= 0.3 is 6.18 Å². The number of rotatable bonds is 8. The third-order valence-corrected chi connectivity index (χ3v) is 5.61. The van der Waals surface area contributed by atoms with E-state index in [1.54, 1.807) is 24.5 Å². The van der Waals surface area contributed by atoms with Crippen LogP contribution < -0.4 is 14.4 Å². The monoisotopic (exact) mass is 463 g/mol. The van der Waals surface area contributed by atoms with Crippen LogP contribution in [-0.4, -0.2) is 33.5 Å².